The third-order valence-corrected chi connectivity index (χ3v) is 4.50. The van der Waals surface area contributed by atoms with Crippen LogP contribution in [0.2, 0.25) is 0 Å². The summed E-state index contributed by atoms with van der Waals surface area (Å²) in [6, 6.07) is 5.48. The van der Waals surface area contributed by atoms with Crippen molar-refractivity contribution in [2.75, 3.05) is 0 Å². The van der Waals surface area contributed by atoms with Crippen molar-refractivity contribution >= 4 is 16.9 Å². The molecule has 118 valence electrons. The number of fused-ring (bicyclic) bond motifs is 1. The van der Waals surface area contributed by atoms with Crippen LogP contribution in [0.1, 0.15) is 47.4 Å². The molecule has 5 heteroatoms. The van der Waals surface area contributed by atoms with E-state index in [1.807, 2.05) is 12.1 Å². The predicted octanol–water partition coefficient (Wildman–Crippen LogP) is 4.81. The molecule has 1 fully saturated rings. The van der Waals surface area contributed by atoms with Crippen molar-refractivity contribution in [1.82, 2.24) is 0 Å². The summed E-state index contributed by atoms with van der Waals surface area (Å²) < 4.78 is 31.8. The Balaban J connectivity index is 1.83. The van der Waals surface area contributed by atoms with Crippen LogP contribution in [0.4, 0.5) is 8.78 Å². The third kappa shape index (κ3) is 2.85. The molecule has 1 aliphatic rings. The maximum atomic E-state index is 13.2. The minimum Gasteiger partial charge on any atom is -0.478 e. The second kappa shape index (κ2) is 5.38. The van der Waals surface area contributed by atoms with Crippen LogP contribution in [0.5, 0.6) is 0 Å². The molecule has 0 bridgehead atoms. The molecule has 1 aliphatic carbocycles. The van der Waals surface area contributed by atoms with E-state index >= 15 is 0 Å². The van der Waals surface area contributed by atoms with E-state index in [4.69, 9.17) is 4.42 Å². The van der Waals surface area contributed by atoms with E-state index in [9.17, 15) is 18.7 Å². The molecular formula is C17H18F2O3. The lowest BCUT2D eigenvalue weighted by Crippen LogP contribution is -2.25. The smallest absolute Gasteiger partial charge is 0.339 e. The van der Waals surface area contributed by atoms with E-state index in [0.29, 0.717) is 36.0 Å². The highest BCUT2D eigenvalue weighted by molar-refractivity contribution is 6.03. The van der Waals surface area contributed by atoms with Gasteiger partial charge in [0.05, 0.1) is 0 Å². The van der Waals surface area contributed by atoms with E-state index in [0.717, 1.165) is 5.56 Å². The van der Waals surface area contributed by atoms with Gasteiger partial charge in [0.2, 0.25) is 5.92 Å². The molecule has 0 saturated heterocycles. The summed E-state index contributed by atoms with van der Waals surface area (Å²) in [5, 5.41) is 9.87. The number of rotatable bonds is 3. The van der Waals surface area contributed by atoms with Gasteiger partial charge in [-0.2, -0.15) is 0 Å². The maximum Gasteiger partial charge on any atom is 0.339 e. The first-order valence-corrected chi connectivity index (χ1v) is 7.49. The van der Waals surface area contributed by atoms with E-state index < -0.39 is 11.9 Å². The van der Waals surface area contributed by atoms with Crippen LogP contribution in [0, 0.1) is 12.8 Å². The minimum atomic E-state index is -2.52. The van der Waals surface area contributed by atoms with Gasteiger partial charge in [0, 0.05) is 18.2 Å². The molecule has 0 atom stereocenters. The van der Waals surface area contributed by atoms with E-state index in [1.54, 1.807) is 13.0 Å². The van der Waals surface area contributed by atoms with Crippen LogP contribution < -0.4 is 0 Å². The SMILES string of the molecule is Cc1oc2ccc(CC3CCC(F)(F)CC3)cc2c1C(=O)O. The fourth-order valence-corrected chi connectivity index (χ4v) is 3.30. The number of alkyl halides is 2. The number of aromatic carboxylic acids is 1. The Kier molecular flexibility index (Phi) is 3.67. The van der Waals surface area contributed by atoms with Gasteiger partial charge in [0.15, 0.2) is 0 Å². The lowest BCUT2D eigenvalue weighted by molar-refractivity contribution is -0.0456. The number of hydrogen-bond acceptors (Lipinski definition) is 2. The number of carboxylic acids is 1. The summed E-state index contributed by atoms with van der Waals surface area (Å²) in [5.74, 6) is -2.90. The van der Waals surface area contributed by atoms with E-state index in [2.05, 4.69) is 0 Å². The van der Waals surface area contributed by atoms with Crippen LogP contribution in [0.15, 0.2) is 22.6 Å². The monoisotopic (exact) mass is 308 g/mol. The molecule has 0 unspecified atom stereocenters. The molecule has 0 radical (unpaired) electrons. The maximum absolute atomic E-state index is 13.2. The Morgan fingerprint density at radius 3 is 2.68 bits per heavy atom. The van der Waals surface area contributed by atoms with E-state index in [-0.39, 0.29) is 24.3 Å². The summed E-state index contributed by atoms with van der Waals surface area (Å²) >= 11 is 0. The summed E-state index contributed by atoms with van der Waals surface area (Å²) in [7, 11) is 0. The second-order valence-corrected chi connectivity index (χ2v) is 6.17. The number of carboxylic acid groups (broad SMARTS) is 1. The summed E-state index contributed by atoms with van der Waals surface area (Å²) in [4.78, 5) is 11.3. The molecular weight excluding hydrogens is 290 g/mol. The molecule has 2 aromatic rings. The van der Waals surface area contributed by atoms with Crippen LogP contribution in [-0.4, -0.2) is 17.0 Å². The molecule has 3 rings (SSSR count). The van der Waals surface area contributed by atoms with E-state index in [1.165, 1.54) is 0 Å². The van der Waals surface area contributed by atoms with Crippen molar-refractivity contribution in [2.24, 2.45) is 5.92 Å². The van der Waals surface area contributed by atoms with Gasteiger partial charge in [-0.25, -0.2) is 13.6 Å². The van der Waals surface area contributed by atoms with Crippen LogP contribution in [-0.2, 0) is 6.42 Å². The first-order chi connectivity index (χ1) is 10.4. The summed E-state index contributed by atoms with van der Waals surface area (Å²) in [6.07, 6.45) is 1.63. The van der Waals surface area contributed by atoms with Gasteiger partial charge in [0.1, 0.15) is 16.9 Å². The quantitative estimate of drug-likeness (QED) is 0.885. The molecule has 1 aromatic carbocycles. The predicted molar refractivity (Wildman–Crippen MR) is 78.5 cm³/mol. The number of hydrogen-bond donors (Lipinski definition) is 1. The average molecular weight is 308 g/mol. The van der Waals surface area contributed by atoms with Crippen molar-refractivity contribution in [3.63, 3.8) is 0 Å². The number of halogens is 2. The third-order valence-electron chi connectivity index (χ3n) is 4.50. The first-order valence-electron chi connectivity index (χ1n) is 7.49. The highest BCUT2D eigenvalue weighted by Gasteiger charge is 2.34. The molecule has 1 N–H and O–H groups in total. The van der Waals surface area contributed by atoms with Crippen molar-refractivity contribution in [2.45, 2.75) is 45.0 Å². The molecule has 22 heavy (non-hydrogen) atoms. The van der Waals surface area contributed by atoms with Gasteiger partial charge in [0.25, 0.3) is 0 Å². The first kappa shape index (κ1) is 15.0. The second-order valence-electron chi connectivity index (χ2n) is 6.17. The normalized spacial score (nSPS) is 18.7. The minimum absolute atomic E-state index is 0.0505. The van der Waals surface area contributed by atoms with Crippen LogP contribution in [0.3, 0.4) is 0 Å². The molecule has 1 heterocycles. The molecule has 0 amide bonds. The highest BCUT2D eigenvalue weighted by atomic mass is 19.3. The van der Waals surface area contributed by atoms with Crippen molar-refractivity contribution < 1.29 is 23.1 Å². The number of furan rings is 1. The largest absolute Gasteiger partial charge is 0.478 e. The van der Waals surface area contributed by atoms with Gasteiger partial charge in [-0.05, 0) is 49.8 Å². The Morgan fingerprint density at radius 2 is 2.05 bits per heavy atom. The standard InChI is InChI=1S/C17H18F2O3/c1-10-15(16(20)21)13-9-12(2-3-14(13)22-10)8-11-4-6-17(18,19)7-5-11/h2-3,9,11H,4-8H2,1H3,(H,20,21). The number of aryl methyl sites for hydroxylation is 1. The van der Waals surface area contributed by atoms with Crippen LogP contribution >= 0.6 is 0 Å². The number of benzene rings is 1. The zero-order valence-corrected chi connectivity index (χ0v) is 12.4. The zero-order chi connectivity index (χ0) is 15.9. The molecule has 0 aliphatic heterocycles. The fraction of sp³-hybridized carbons (Fsp3) is 0.471. The van der Waals surface area contributed by atoms with Gasteiger partial charge in [-0.3, -0.25) is 0 Å². The lowest BCUT2D eigenvalue weighted by Gasteiger charge is -2.28. The molecule has 0 spiro atoms. The summed E-state index contributed by atoms with van der Waals surface area (Å²) in [6.45, 7) is 1.63. The Labute approximate surface area is 126 Å². The topological polar surface area (TPSA) is 50.4 Å². The fourth-order valence-electron chi connectivity index (χ4n) is 3.30. The molecule has 1 saturated carbocycles. The van der Waals surface area contributed by atoms with Crippen molar-refractivity contribution in [1.29, 1.82) is 0 Å². The van der Waals surface area contributed by atoms with Gasteiger partial charge in [-0.1, -0.05) is 6.07 Å². The Hall–Kier alpha value is -1.91. The van der Waals surface area contributed by atoms with Gasteiger partial charge in [-0.15, -0.1) is 0 Å². The van der Waals surface area contributed by atoms with Crippen LogP contribution in [0.25, 0.3) is 11.0 Å². The lowest BCUT2D eigenvalue weighted by atomic mass is 9.83. The van der Waals surface area contributed by atoms with Crippen molar-refractivity contribution in [3.8, 4) is 0 Å². The Bertz CT molecular complexity index is 708. The zero-order valence-electron chi connectivity index (χ0n) is 12.4. The summed E-state index contributed by atoms with van der Waals surface area (Å²) in [5.41, 5.74) is 1.71. The van der Waals surface area contributed by atoms with Gasteiger partial charge >= 0.3 is 5.97 Å². The average Bonchev–Trinajstić information content (AvgIpc) is 2.76. The Morgan fingerprint density at radius 1 is 1.36 bits per heavy atom. The highest BCUT2D eigenvalue weighted by Crippen LogP contribution is 2.38. The molecule has 1 aromatic heterocycles. The van der Waals surface area contributed by atoms with Crippen molar-refractivity contribution in [3.05, 3.63) is 35.1 Å². The molecule has 3 nitrogen and oxygen atoms in total. The number of carbonyl (C=O) groups is 1. The van der Waals surface area contributed by atoms with Gasteiger partial charge < -0.3 is 9.52 Å².